The number of rotatable bonds is 5. The third-order valence-corrected chi connectivity index (χ3v) is 3.83. The van der Waals surface area contributed by atoms with Crippen LogP contribution in [-0.2, 0) is 11.2 Å². The predicted octanol–water partition coefficient (Wildman–Crippen LogP) is 3.15. The molecule has 0 aromatic heterocycles. The van der Waals surface area contributed by atoms with Gasteiger partial charge in [0.05, 0.1) is 23.1 Å². The highest BCUT2D eigenvalue weighted by atomic mass is 16.6. The number of nitro groups is 1. The molecule has 3 aromatic rings. The zero-order valence-corrected chi connectivity index (χ0v) is 13.6. The first-order chi connectivity index (χ1) is 12.5. The fraction of sp³-hybridized carbons (Fsp3) is 0.0526. The van der Waals surface area contributed by atoms with E-state index in [0.717, 1.165) is 22.6 Å². The summed E-state index contributed by atoms with van der Waals surface area (Å²) >= 11 is 0. The molecule has 7 heteroatoms. The Labute approximate surface area is 148 Å². The van der Waals surface area contributed by atoms with Crippen LogP contribution in [0.1, 0.15) is 11.1 Å². The Balaban J connectivity index is 1.72. The summed E-state index contributed by atoms with van der Waals surface area (Å²) in [7, 11) is 0. The van der Waals surface area contributed by atoms with E-state index in [1.165, 1.54) is 18.2 Å². The van der Waals surface area contributed by atoms with Gasteiger partial charge in [0.2, 0.25) is 5.91 Å². The summed E-state index contributed by atoms with van der Waals surface area (Å²) in [6, 6.07) is 17.1. The number of hydrogen-bond donors (Lipinski definition) is 2. The third kappa shape index (κ3) is 3.84. The molecule has 0 fully saturated rings. The molecule has 0 radical (unpaired) electrons. The maximum Gasteiger partial charge on any atom is 0.278 e. The van der Waals surface area contributed by atoms with Crippen molar-refractivity contribution in [2.75, 3.05) is 0 Å². The molecule has 0 heterocycles. The zero-order chi connectivity index (χ0) is 18.5. The van der Waals surface area contributed by atoms with Gasteiger partial charge in [0.15, 0.2) is 0 Å². The third-order valence-electron chi connectivity index (χ3n) is 3.83. The first-order valence-electron chi connectivity index (χ1n) is 7.80. The second kappa shape index (κ2) is 7.43. The quantitative estimate of drug-likeness (QED) is 0.419. The average Bonchev–Trinajstić information content (AvgIpc) is 2.62. The monoisotopic (exact) mass is 349 g/mol. The van der Waals surface area contributed by atoms with Crippen molar-refractivity contribution in [1.82, 2.24) is 5.43 Å². The number of carbonyl (C=O) groups excluding carboxylic acids is 1. The Morgan fingerprint density at radius 3 is 2.73 bits per heavy atom. The average molecular weight is 349 g/mol. The zero-order valence-electron chi connectivity index (χ0n) is 13.6. The normalized spacial score (nSPS) is 10.9. The molecular formula is C19H15N3O4. The van der Waals surface area contributed by atoms with Crippen molar-refractivity contribution in [3.05, 3.63) is 81.9 Å². The van der Waals surface area contributed by atoms with Crippen LogP contribution in [-0.4, -0.2) is 22.2 Å². The van der Waals surface area contributed by atoms with Gasteiger partial charge in [-0.25, -0.2) is 5.43 Å². The number of phenols is 1. The van der Waals surface area contributed by atoms with Crippen LogP contribution in [0.2, 0.25) is 0 Å². The van der Waals surface area contributed by atoms with Crippen LogP contribution in [0.5, 0.6) is 5.75 Å². The number of hydrogen-bond acceptors (Lipinski definition) is 5. The number of aromatic hydroxyl groups is 1. The minimum absolute atomic E-state index is 0.0976. The molecule has 0 aliphatic rings. The summed E-state index contributed by atoms with van der Waals surface area (Å²) in [6.45, 7) is 0. The minimum Gasteiger partial charge on any atom is -0.508 e. The van der Waals surface area contributed by atoms with E-state index >= 15 is 0 Å². The molecule has 0 unspecified atom stereocenters. The van der Waals surface area contributed by atoms with Gasteiger partial charge in [-0.3, -0.25) is 14.9 Å². The van der Waals surface area contributed by atoms with Gasteiger partial charge in [-0.15, -0.1) is 0 Å². The van der Waals surface area contributed by atoms with Gasteiger partial charge >= 0.3 is 0 Å². The van der Waals surface area contributed by atoms with Crippen LogP contribution in [0, 0.1) is 10.1 Å². The highest BCUT2D eigenvalue weighted by molar-refractivity contribution is 5.91. The van der Waals surface area contributed by atoms with E-state index in [1.54, 1.807) is 0 Å². The van der Waals surface area contributed by atoms with Crippen molar-refractivity contribution in [2.24, 2.45) is 5.10 Å². The van der Waals surface area contributed by atoms with Gasteiger partial charge < -0.3 is 5.11 Å². The van der Waals surface area contributed by atoms with Gasteiger partial charge in [-0.2, -0.15) is 5.10 Å². The smallest absolute Gasteiger partial charge is 0.278 e. The summed E-state index contributed by atoms with van der Waals surface area (Å²) < 4.78 is 0. The predicted molar refractivity (Wildman–Crippen MR) is 98.1 cm³/mol. The number of benzene rings is 3. The second-order valence-corrected chi connectivity index (χ2v) is 5.61. The van der Waals surface area contributed by atoms with Gasteiger partial charge in [-0.1, -0.05) is 42.5 Å². The van der Waals surface area contributed by atoms with Crippen LogP contribution < -0.4 is 5.43 Å². The summed E-state index contributed by atoms with van der Waals surface area (Å²) in [5.41, 5.74) is 3.10. The van der Waals surface area contributed by atoms with Crippen molar-refractivity contribution in [3.8, 4) is 5.75 Å². The van der Waals surface area contributed by atoms with Crippen LogP contribution in [0.3, 0.4) is 0 Å². The Bertz CT molecular complexity index is 1010. The molecule has 0 atom stereocenters. The highest BCUT2D eigenvalue weighted by Crippen LogP contribution is 2.21. The van der Waals surface area contributed by atoms with Gasteiger partial charge in [0.25, 0.3) is 5.69 Å². The van der Waals surface area contributed by atoms with E-state index < -0.39 is 4.92 Å². The molecule has 1 amide bonds. The van der Waals surface area contributed by atoms with Crippen molar-refractivity contribution in [1.29, 1.82) is 0 Å². The molecule has 0 saturated heterocycles. The van der Waals surface area contributed by atoms with E-state index in [9.17, 15) is 20.0 Å². The summed E-state index contributed by atoms with van der Waals surface area (Å²) in [5, 5.41) is 26.2. The first kappa shape index (κ1) is 17.1. The molecule has 0 aliphatic carbocycles. The van der Waals surface area contributed by atoms with Crippen molar-refractivity contribution >= 4 is 28.6 Å². The lowest BCUT2D eigenvalue weighted by molar-refractivity contribution is -0.385. The van der Waals surface area contributed by atoms with Crippen molar-refractivity contribution in [2.45, 2.75) is 6.42 Å². The fourth-order valence-electron chi connectivity index (χ4n) is 2.64. The summed E-state index contributed by atoms with van der Waals surface area (Å²) in [5.74, 6) is -0.473. The van der Waals surface area contributed by atoms with Crippen LogP contribution in [0.4, 0.5) is 5.69 Å². The number of fused-ring (bicyclic) bond motifs is 1. The topological polar surface area (TPSA) is 105 Å². The van der Waals surface area contributed by atoms with Crippen molar-refractivity contribution < 1.29 is 14.8 Å². The first-order valence-corrected chi connectivity index (χ1v) is 7.80. The molecule has 3 rings (SSSR count). The van der Waals surface area contributed by atoms with Crippen LogP contribution in [0.25, 0.3) is 10.8 Å². The Kier molecular flexibility index (Phi) is 4.89. The SMILES string of the molecule is O=C(Cc1cccc2ccccc12)N/N=C\c1cc(O)ccc1[N+](=O)[O-]. The van der Waals surface area contributed by atoms with Gasteiger partial charge in [-0.05, 0) is 28.5 Å². The molecule has 0 bridgehead atoms. The van der Waals surface area contributed by atoms with Crippen LogP contribution >= 0.6 is 0 Å². The number of nitrogens with one attached hydrogen (secondary N) is 1. The number of amides is 1. The van der Waals surface area contributed by atoms with E-state index in [4.69, 9.17) is 0 Å². The number of carbonyl (C=O) groups is 1. The number of phenolic OH excluding ortho intramolecular Hbond substituents is 1. The second-order valence-electron chi connectivity index (χ2n) is 5.61. The Hall–Kier alpha value is -3.74. The van der Waals surface area contributed by atoms with E-state index in [0.29, 0.717) is 0 Å². The number of nitro benzene ring substituents is 1. The van der Waals surface area contributed by atoms with Crippen molar-refractivity contribution in [3.63, 3.8) is 0 Å². The summed E-state index contributed by atoms with van der Waals surface area (Å²) in [4.78, 5) is 22.5. The Morgan fingerprint density at radius 1 is 1.15 bits per heavy atom. The lowest BCUT2D eigenvalue weighted by Crippen LogP contribution is -2.20. The molecular weight excluding hydrogens is 334 g/mol. The molecule has 7 nitrogen and oxygen atoms in total. The lowest BCUT2D eigenvalue weighted by atomic mass is 10.0. The molecule has 130 valence electrons. The molecule has 3 aromatic carbocycles. The molecule has 0 spiro atoms. The highest BCUT2D eigenvalue weighted by Gasteiger charge is 2.12. The van der Waals surface area contributed by atoms with E-state index in [1.807, 2.05) is 42.5 Å². The molecule has 0 saturated carbocycles. The number of hydrazone groups is 1. The molecule has 26 heavy (non-hydrogen) atoms. The molecule has 2 N–H and O–H groups in total. The fourth-order valence-corrected chi connectivity index (χ4v) is 2.64. The largest absolute Gasteiger partial charge is 0.508 e. The van der Waals surface area contributed by atoms with E-state index in [-0.39, 0.29) is 29.3 Å². The summed E-state index contributed by atoms with van der Waals surface area (Å²) in [6.07, 6.45) is 1.26. The lowest BCUT2D eigenvalue weighted by Gasteiger charge is -2.05. The van der Waals surface area contributed by atoms with E-state index in [2.05, 4.69) is 10.5 Å². The van der Waals surface area contributed by atoms with Crippen LogP contribution in [0.15, 0.2) is 65.8 Å². The van der Waals surface area contributed by atoms with Gasteiger partial charge in [0.1, 0.15) is 5.75 Å². The standard InChI is InChI=1S/C19H15N3O4/c23-16-8-9-18(22(25)26)15(10-16)12-20-21-19(24)11-14-6-3-5-13-4-1-2-7-17(13)14/h1-10,12,23H,11H2,(H,21,24)/b20-12-. The Morgan fingerprint density at radius 2 is 1.92 bits per heavy atom. The minimum atomic E-state index is -0.585. The molecule has 0 aliphatic heterocycles. The number of nitrogens with zero attached hydrogens (tertiary/aromatic N) is 2. The maximum atomic E-state index is 12.1. The van der Waals surface area contributed by atoms with Gasteiger partial charge in [0, 0.05) is 6.07 Å². The maximum absolute atomic E-state index is 12.1.